The SMILES string of the molecule is O=C(Nc1cc(F)c(F)cc1Cl)N1CC[NH+](Cc2ccccc2)CC1. The first kappa shape index (κ1) is 17.6. The molecule has 25 heavy (non-hydrogen) atoms. The van der Waals surface area contributed by atoms with E-state index < -0.39 is 11.6 Å². The van der Waals surface area contributed by atoms with Gasteiger partial charge in [0.25, 0.3) is 0 Å². The predicted octanol–water partition coefficient (Wildman–Crippen LogP) is 2.55. The summed E-state index contributed by atoms with van der Waals surface area (Å²) >= 11 is 5.85. The second-order valence-electron chi connectivity index (χ2n) is 6.08. The van der Waals surface area contributed by atoms with E-state index in [0.717, 1.165) is 31.8 Å². The minimum atomic E-state index is -1.04. The number of rotatable bonds is 3. The molecular formula is C18H19ClF2N3O+. The first-order valence-electron chi connectivity index (χ1n) is 8.11. The summed E-state index contributed by atoms with van der Waals surface area (Å²) in [6.07, 6.45) is 0. The molecule has 0 aromatic heterocycles. The predicted molar refractivity (Wildman–Crippen MR) is 92.8 cm³/mol. The molecule has 7 heteroatoms. The first-order chi connectivity index (χ1) is 12.0. The van der Waals surface area contributed by atoms with Gasteiger partial charge in [0.2, 0.25) is 0 Å². The number of benzene rings is 2. The Morgan fingerprint density at radius 1 is 1.12 bits per heavy atom. The molecule has 0 atom stereocenters. The molecule has 0 saturated carbocycles. The first-order valence-corrected chi connectivity index (χ1v) is 8.48. The number of hydrogen-bond donors (Lipinski definition) is 2. The summed E-state index contributed by atoms with van der Waals surface area (Å²) < 4.78 is 26.4. The highest BCUT2D eigenvalue weighted by molar-refractivity contribution is 6.33. The number of anilines is 1. The summed E-state index contributed by atoms with van der Waals surface area (Å²) in [5.41, 5.74) is 1.34. The highest BCUT2D eigenvalue weighted by Gasteiger charge is 2.24. The number of carbonyl (C=O) groups is 1. The van der Waals surface area contributed by atoms with Gasteiger partial charge in [0.05, 0.1) is 36.9 Å². The van der Waals surface area contributed by atoms with Crippen LogP contribution in [0.1, 0.15) is 5.56 Å². The van der Waals surface area contributed by atoms with E-state index in [-0.39, 0.29) is 16.7 Å². The Bertz CT molecular complexity index is 749. The molecule has 1 aliphatic heterocycles. The molecule has 0 unspecified atom stereocenters. The zero-order valence-electron chi connectivity index (χ0n) is 13.6. The van der Waals surface area contributed by atoms with E-state index >= 15 is 0 Å². The van der Waals surface area contributed by atoms with Gasteiger partial charge >= 0.3 is 6.03 Å². The fourth-order valence-corrected chi connectivity index (χ4v) is 3.10. The van der Waals surface area contributed by atoms with Crippen molar-refractivity contribution in [2.45, 2.75) is 6.54 Å². The van der Waals surface area contributed by atoms with E-state index in [2.05, 4.69) is 17.4 Å². The molecule has 1 aliphatic rings. The Hall–Kier alpha value is -2.18. The smallest absolute Gasteiger partial charge is 0.322 e. The van der Waals surface area contributed by atoms with Gasteiger partial charge in [-0.05, 0) is 6.07 Å². The fourth-order valence-electron chi connectivity index (χ4n) is 2.90. The van der Waals surface area contributed by atoms with Crippen molar-refractivity contribution < 1.29 is 18.5 Å². The van der Waals surface area contributed by atoms with E-state index in [1.807, 2.05) is 18.2 Å². The Kier molecular flexibility index (Phi) is 5.50. The van der Waals surface area contributed by atoms with E-state index in [1.54, 1.807) is 4.90 Å². The van der Waals surface area contributed by atoms with Crippen LogP contribution < -0.4 is 10.2 Å². The van der Waals surface area contributed by atoms with Crippen molar-refractivity contribution >= 4 is 23.3 Å². The fraction of sp³-hybridized carbons (Fsp3) is 0.278. The summed E-state index contributed by atoms with van der Waals surface area (Å²) in [5, 5.41) is 2.52. The van der Waals surface area contributed by atoms with E-state index in [9.17, 15) is 13.6 Å². The molecule has 0 bridgehead atoms. The third-order valence-electron chi connectivity index (χ3n) is 4.31. The normalized spacial score (nSPS) is 15.2. The van der Waals surface area contributed by atoms with Crippen LogP contribution in [-0.4, -0.2) is 37.1 Å². The Morgan fingerprint density at radius 2 is 1.76 bits per heavy atom. The molecule has 0 radical (unpaired) electrons. The van der Waals surface area contributed by atoms with Crippen molar-refractivity contribution in [2.75, 3.05) is 31.5 Å². The molecule has 2 aromatic carbocycles. The van der Waals surface area contributed by atoms with Crippen molar-refractivity contribution in [1.82, 2.24) is 4.90 Å². The third-order valence-corrected chi connectivity index (χ3v) is 4.62. The second kappa shape index (κ2) is 7.80. The third kappa shape index (κ3) is 4.46. The number of piperazine rings is 1. The van der Waals surface area contributed by atoms with Crippen LogP contribution >= 0.6 is 11.6 Å². The maximum absolute atomic E-state index is 13.3. The average molecular weight is 367 g/mol. The second-order valence-corrected chi connectivity index (χ2v) is 6.48. The van der Waals surface area contributed by atoms with Crippen LogP contribution in [0.5, 0.6) is 0 Å². The summed E-state index contributed by atoms with van der Waals surface area (Å²) in [7, 11) is 0. The molecule has 3 rings (SSSR count). The lowest BCUT2D eigenvalue weighted by molar-refractivity contribution is -0.917. The van der Waals surface area contributed by atoms with Gasteiger partial charge in [0.1, 0.15) is 6.54 Å². The number of quaternary nitrogens is 1. The molecule has 132 valence electrons. The standard InChI is InChI=1S/C18H18ClF2N3O/c19-14-10-15(20)16(21)11-17(14)22-18(25)24-8-6-23(7-9-24)12-13-4-2-1-3-5-13/h1-5,10-11H,6-9,12H2,(H,22,25)/p+1. The van der Waals surface area contributed by atoms with Crippen LogP contribution in [0.4, 0.5) is 19.3 Å². The summed E-state index contributed by atoms with van der Waals surface area (Å²) in [6.45, 7) is 3.76. The Balaban J connectivity index is 1.54. The van der Waals surface area contributed by atoms with Gasteiger partial charge in [0.15, 0.2) is 11.6 Å². The number of hydrogen-bond acceptors (Lipinski definition) is 1. The number of nitrogens with one attached hydrogen (secondary N) is 2. The van der Waals surface area contributed by atoms with Gasteiger partial charge in [-0.25, -0.2) is 13.6 Å². The lowest BCUT2D eigenvalue weighted by atomic mass is 10.2. The Morgan fingerprint density at radius 3 is 2.44 bits per heavy atom. The zero-order valence-corrected chi connectivity index (χ0v) is 14.3. The van der Waals surface area contributed by atoms with E-state index in [0.29, 0.717) is 13.1 Å². The van der Waals surface area contributed by atoms with E-state index in [1.165, 1.54) is 10.5 Å². The van der Waals surface area contributed by atoms with Crippen molar-refractivity contribution in [1.29, 1.82) is 0 Å². The highest BCUT2D eigenvalue weighted by atomic mass is 35.5. The molecule has 1 saturated heterocycles. The molecule has 2 amide bonds. The summed E-state index contributed by atoms with van der Waals surface area (Å²) in [5.74, 6) is -2.09. The van der Waals surface area contributed by atoms with Gasteiger partial charge in [0, 0.05) is 11.6 Å². The molecular weight excluding hydrogens is 348 g/mol. The van der Waals surface area contributed by atoms with Crippen LogP contribution in [0, 0.1) is 11.6 Å². The summed E-state index contributed by atoms with van der Waals surface area (Å²) in [4.78, 5) is 15.4. The topological polar surface area (TPSA) is 36.8 Å². The molecule has 1 fully saturated rings. The summed E-state index contributed by atoms with van der Waals surface area (Å²) in [6, 6.07) is 11.6. The number of nitrogens with zero attached hydrogens (tertiary/aromatic N) is 1. The number of carbonyl (C=O) groups excluding carboxylic acids is 1. The maximum atomic E-state index is 13.3. The van der Waals surface area contributed by atoms with Crippen molar-refractivity contribution in [3.8, 4) is 0 Å². The molecule has 0 spiro atoms. The van der Waals surface area contributed by atoms with Gasteiger partial charge in [-0.2, -0.15) is 0 Å². The van der Waals surface area contributed by atoms with E-state index in [4.69, 9.17) is 11.6 Å². The van der Waals surface area contributed by atoms with Crippen LogP contribution in [0.15, 0.2) is 42.5 Å². The number of urea groups is 1. The van der Waals surface area contributed by atoms with Gasteiger partial charge in [-0.15, -0.1) is 0 Å². The van der Waals surface area contributed by atoms with Crippen molar-refractivity contribution in [3.05, 3.63) is 64.7 Å². The van der Waals surface area contributed by atoms with Crippen LogP contribution in [-0.2, 0) is 6.54 Å². The lowest BCUT2D eigenvalue weighted by Crippen LogP contribution is -3.13. The molecule has 2 aromatic rings. The number of halogens is 3. The Labute approximate surface area is 150 Å². The monoisotopic (exact) mass is 366 g/mol. The quantitative estimate of drug-likeness (QED) is 0.805. The average Bonchev–Trinajstić information content (AvgIpc) is 2.61. The minimum Gasteiger partial charge on any atom is -0.328 e. The maximum Gasteiger partial charge on any atom is 0.322 e. The van der Waals surface area contributed by atoms with Crippen molar-refractivity contribution in [2.24, 2.45) is 0 Å². The van der Waals surface area contributed by atoms with Gasteiger partial charge < -0.3 is 15.1 Å². The zero-order chi connectivity index (χ0) is 17.8. The van der Waals surface area contributed by atoms with Gasteiger partial charge in [-0.1, -0.05) is 41.9 Å². The molecule has 2 N–H and O–H groups in total. The lowest BCUT2D eigenvalue weighted by Gasteiger charge is -2.32. The van der Waals surface area contributed by atoms with Crippen LogP contribution in [0.2, 0.25) is 5.02 Å². The molecule has 4 nitrogen and oxygen atoms in total. The van der Waals surface area contributed by atoms with Gasteiger partial charge in [-0.3, -0.25) is 0 Å². The largest absolute Gasteiger partial charge is 0.328 e. The number of amides is 2. The molecule has 1 heterocycles. The van der Waals surface area contributed by atoms with Crippen LogP contribution in [0.3, 0.4) is 0 Å². The van der Waals surface area contributed by atoms with Crippen molar-refractivity contribution in [3.63, 3.8) is 0 Å². The minimum absolute atomic E-state index is 0.0272. The highest BCUT2D eigenvalue weighted by Crippen LogP contribution is 2.25. The molecule has 0 aliphatic carbocycles. The van der Waals surface area contributed by atoms with Crippen LogP contribution in [0.25, 0.3) is 0 Å².